The van der Waals surface area contributed by atoms with Gasteiger partial charge in [0.05, 0.1) is 0 Å². The van der Waals surface area contributed by atoms with E-state index in [2.05, 4.69) is 33.4 Å². The molecule has 4 atom stereocenters. The van der Waals surface area contributed by atoms with Crippen molar-refractivity contribution in [3.63, 3.8) is 0 Å². The van der Waals surface area contributed by atoms with Gasteiger partial charge in [0.15, 0.2) is 10.8 Å². The minimum absolute atomic E-state index is 0.0569. The van der Waals surface area contributed by atoms with E-state index in [-0.39, 0.29) is 17.1 Å². The van der Waals surface area contributed by atoms with Crippen LogP contribution in [0, 0.1) is 37.4 Å². The largest absolute Gasteiger partial charge is 0.310 e. The van der Waals surface area contributed by atoms with Crippen LogP contribution >= 0.6 is 0 Å². The van der Waals surface area contributed by atoms with Gasteiger partial charge in [0.2, 0.25) is 0 Å². The van der Waals surface area contributed by atoms with Gasteiger partial charge in [-0.25, -0.2) is 0 Å². The topological polar surface area (TPSA) is 186 Å². The van der Waals surface area contributed by atoms with Crippen LogP contribution < -0.4 is 0 Å². The molecule has 0 N–H and O–H groups in total. The van der Waals surface area contributed by atoms with Crippen molar-refractivity contribution < 1.29 is 19.2 Å². The molecule has 3 unspecified atom stereocenters. The number of aryl methyl sites for hydroxylation is 1. The predicted octanol–water partition coefficient (Wildman–Crippen LogP) is 6.53. The molecule has 0 aromatic heterocycles. The SMILES string of the molecule is C=C1c2ccc3cc4c5c6c3c2C2=C(c3c(C)cc7c8c3C(c3c-5c(cc(c3-8)[C@@H]3C7C3(C(=O)N=O)C(=O)N=O)C4)C26)C1(C(=O)N=O)C(=O)N=O. The van der Waals surface area contributed by atoms with Crippen molar-refractivity contribution in [2.45, 2.75) is 37.0 Å². The van der Waals surface area contributed by atoms with Gasteiger partial charge in [-0.2, -0.15) is 0 Å². The number of hydrogen-bond acceptors (Lipinski definition) is 8. The molecule has 0 heterocycles. The zero-order chi connectivity index (χ0) is 34.2. The van der Waals surface area contributed by atoms with Crippen molar-refractivity contribution in [2.24, 2.45) is 31.5 Å². The van der Waals surface area contributed by atoms with E-state index in [1.54, 1.807) is 19.1 Å². The van der Waals surface area contributed by atoms with E-state index in [9.17, 15) is 38.8 Å². The molecule has 0 bridgehead atoms. The molecule has 4 aromatic rings. The van der Waals surface area contributed by atoms with Crippen molar-refractivity contribution in [1.29, 1.82) is 0 Å². The monoisotopic (exact) mass is 656 g/mol. The highest BCUT2D eigenvalue weighted by molar-refractivity contribution is 6.35. The second-order valence-corrected chi connectivity index (χ2v) is 14.7. The second kappa shape index (κ2) is 7.47. The summed E-state index contributed by atoms with van der Waals surface area (Å²) in [5.41, 5.74) is 8.05. The Balaban J connectivity index is 1.35. The van der Waals surface area contributed by atoms with Gasteiger partial charge in [-0.1, -0.05) is 36.9 Å². The molecule has 12 rings (SSSR count). The van der Waals surface area contributed by atoms with Gasteiger partial charge in [-0.3, -0.25) is 19.2 Å². The Bertz CT molecular complexity index is 2770. The lowest BCUT2D eigenvalue weighted by Gasteiger charge is -2.45. The summed E-state index contributed by atoms with van der Waals surface area (Å²) in [6.45, 7) is 5.96. The number of carbonyl (C=O) groups is 4. The summed E-state index contributed by atoms with van der Waals surface area (Å²) in [5, 5.41) is 12.8. The van der Waals surface area contributed by atoms with Crippen molar-refractivity contribution in [3.8, 4) is 22.3 Å². The Labute approximate surface area is 278 Å². The van der Waals surface area contributed by atoms with E-state index < -0.39 is 52.2 Å². The second-order valence-electron chi connectivity index (χ2n) is 14.7. The van der Waals surface area contributed by atoms with Gasteiger partial charge in [0.1, 0.15) is 0 Å². The van der Waals surface area contributed by atoms with Gasteiger partial charge >= 0.3 is 23.6 Å². The number of nitroso groups, excluding NO2 is 4. The van der Waals surface area contributed by atoms with Crippen LogP contribution in [0.5, 0.6) is 0 Å². The molecule has 12 nitrogen and oxygen atoms in total. The first-order valence-electron chi connectivity index (χ1n) is 16.1. The van der Waals surface area contributed by atoms with Crippen LogP contribution in [-0.2, 0) is 25.6 Å². The molecule has 1 fully saturated rings. The first-order valence-corrected chi connectivity index (χ1v) is 16.1. The molecular formula is C38H16N4O8. The quantitative estimate of drug-likeness (QED) is 0.154. The molecule has 4 aromatic carbocycles. The third-order valence-corrected chi connectivity index (χ3v) is 13.5. The van der Waals surface area contributed by atoms with Gasteiger partial charge in [0, 0.05) is 44.4 Å². The predicted molar refractivity (Wildman–Crippen MR) is 176 cm³/mol. The fraction of sp³-hybridized carbons (Fsp3) is 0.211. The first kappa shape index (κ1) is 26.6. The number of nitrogens with zero attached hydrogens (tertiary/aromatic N) is 4. The Morgan fingerprint density at radius 3 is 1.90 bits per heavy atom. The number of benzene rings is 4. The summed E-state index contributed by atoms with van der Waals surface area (Å²) in [6, 6.07) is 9.55. The zero-order valence-corrected chi connectivity index (χ0v) is 25.7. The number of allylic oxidation sites excluding steroid dienone is 1. The average Bonchev–Trinajstić information content (AvgIpc) is 3.29. The van der Waals surface area contributed by atoms with Crippen LogP contribution in [0.2, 0.25) is 0 Å². The van der Waals surface area contributed by atoms with E-state index in [1.807, 2.05) is 12.1 Å². The summed E-state index contributed by atoms with van der Waals surface area (Å²) in [6.07, 6.45) is 0.549. The van der Waals surface area contributed by atoms with Crippen molar-refractivity contribution in [1.82, 2.24) is 0 Å². The summed E-state index contributed by atoms with van der Waals surface area (Å²) < 4.78 is 0. The van der Waals surface area contributed by atoms with E-state index in [0.717, 1.165) is 60.8 Å². The van der Waals surface area contributed by atoms with Gasteiger partial charge in [-0.15, -0.1) is 19.6 Å². The molecule has 0 radical (unpaired) electrons. The molecule has 50 heavy (non-hydrogen) atoms. The smallest absolute Gasteiger partial charge is 0.268 e. The number of carbonyl (C=O) groups excluding carboxylic acids is 4. The average molecular weight is 657 g/mol. The molecule has 0 spiro atoms. The van der Waals surface area contributed by atoms with Crippen LogP contribution in [0.4, 0.5) is 0 Å². The molecular weight excluding hydrogens is 640 g/mol. The first-order chi connectivity index (χ1) is 24.2. The summed E-state index contributed by atoms with van der Waals surface area (Å²) in [5.74, 6) is -7.83. The fourth-order valence-electron chi connectivity index (χ4n) is 12.1. The number of fused-ring (bicyclic) bond motifs is 4. The zero-order valence-electron chi connectivity index (χ0n) is 25.7. The number of amides is 4. The lowest BCUT2D eigenvalue weighted by atomic mass is 9.55. The van der Waals surface area contributed by atoms with Crippen molar-refractivity contribution in [2.75, 3.05) is 0 Å². The highest BCUT2D eigenvalue weighted by Crippen LogP contribution is 2.82. The van der Waals surface area contributed by atoms with Gasteiger partial charge in [-0.05, 0) is 124 Å². The lowest BCUT2D eigenvalue weighted by Crippen LogP contribution is -2.43. The molecule has 8 aliphatic rings. The Kier molecular flexibility index (Phi) is 3.98. The Morgan fingerprint density at radius 1 is 0.680 bits per heavy atom. The minimum atomic E-state index is -2.54. The van der Waals surface area contributed by atoms with Gasteiger partial charge < -0.3 is 0 Å². The van der Waals surface area contributed by atoms with Gasteiger partial charge in [0.25, 0.3) is 0 Å². The van der Waals surface area contributed by atoms with Crippen LogP contribution in [0.3, 0.4) is 0 Å². The molecule has 8 aliphatic carbocycles. The summed E-state index contributed by atoms with van der Waals surface area (Å²) in [4.78, 5) is 103. The van der Waals surface area contributed by atoms with E-state index >= 15 is 0 Å². The maximum Gasteiger partial charge on any atom is 0.310 e. The molecule has 4 amide bonds. The number of hydrogen-bond donors (Lipinski definition) is 0. The standard InChI is InChI=1S/C38H16N4O8/c1-9-5-15-22-23-16(31-30(15)38(31,35(45)41-49)36(46)42-50)8-13-7-12-6-11-3-4-14-10(2)37(33(43)39-47,34(44)40-48)32-17(9)24(22)27-26(23)20(13)19(12)25-18(11)21(14)29(32)28(25)27/h3-6,8,27-28,30-31H,2,7H2,1H3/t27?,28?,30?,31-/m1/s1. The highest BCUT2D eigenvalue weighted by atomic mass is 16.3. The van der Waals surface area contributed by atoms with Crippen LogP contribution in [-0.4, -0.2) is 23.6 Å². The maximum atomic E-state index is 14.0. The Morgan fingerprint density at radius 2 is 1.26 bits per heavy atom. The normalized spacial score (nSPS) is 24.5. The third kappa shape index (κ3) is 2.12. The highest BCUT2D eigenvalue weighted by Gasteiger charge is 2.79. The minimum Gasteiger partial charge on any atom is -0.268 e. The Hall–Kier alpha value is -6.30. The summed E-state index contributed by atoms with van der Waals surface area (Å²) in [7, 11) is 0. The lowest BCUT2D eigenvalue weighted by molar-refractivity contribution is -0.134. The van der Waals surface area contributed by atoms with Crippen LogP contribution in [0.25, 0.3) is 49.7 Å². The molecule has 236 valence electrons. The van der Waals surface area contributed by atoms with Crippen LogP contribution in [0.15, 0.2) is 57.6 Å². The van der Waals surface area contributed by atoms with Crippen molar-refractivity contribution in [3.05, 3.63) is 118 Å². The van der Waals surface area contributed by atoms with E-state index in [1.165, 1.54) is 0 Å². The molecule has 12 heteroatoms. The third-order valence-electron chi connectivity index (χ3n) is 13.5. The molecule has 0 aliphatic heterocycles. The van der Waals surface area contributed by atoms with E-state index in [4.69, 9.17) is 0 Å². The summed E-state index contributed by atoms with van der Waals surface area (Å²) >= 11 is 0. The van der Waals surface area contributed by atoms with Crippen molar-refractivity contribution >= 4 is 51.1 Å². The van der Waals surface area contributed by atoms with Crippen LogP contribution in [0.1, 0.15) is 84.9 Å². The maximum absolute atomic E-state index is 14.0. The molecule has 1 saturated carbocycles. The molecule has 0 saturated heterocycles. The fourth-order valence-corrected chi connectivity index (χ4v) is 12.1. The van der Waals surface area contributed by atoms with E-state index in [0.29, 0.717) is 45.4 Å². The number of rotatable bonds is 4.